The van der Waals surface area contributed by atoms with Gasteiger partial charge < -0.3 is 4.57 Å². The highest BCUT2D eigenvalue weighted by Gasteiger charge is 2.30. The van der Waals surface area contributed by atoms with E-state index in [1.807, 2.05) is 11.8 Å². The second-order valence-electron chi connectivity index (χ2n) is 4.71. The first kappa shape index (κ1) is 11.8. The lowest BCUT2D eigenvalue weighted by molar-refractivity contribution is 0.288. The van der Waals surface area contributed by atoms with Gasteiger partial charge in [-0.25, -0.2) is 0 Å². The molecule has 0 spiro atoms. The highest BCUT2D eigenvalue weighted by atomic mass is 35.5. The zero-order valence-electron chi connectivity index (χ0n) is 9.81. The largest absolute Gasteiger partial charge is 0.300 e. The third-order valence-electron chi connectivity index (χ3n) is 3.42. The Morgan fingerprint density at radius 2 is 1.94 bits per heavy atom. The van der Waals surface area contributed by atoms with Crippen LogP contribution >= 0.6 is 23.4 Å². The number of aromatic nitrogens is 3. The molecule has 2 heterocycles. The van der Waals surface area contributed by atoms with Gasteiger partial charge in [0.05, 0.1) is 0 Å². The molecule has 0 atom stereocenters. The summed E-state index contributed by atoms with van der Waals surface area (Å²) in [5.74, 6) is 4.23. The summed E-state index contributed by atoms with van der Waals surface area (Å²) in [4.78, 5) is 2.50. The molecule has 1 aromatic rings. The molecule has 17 heavy (non-hydrogen) atoms. The molecule has 0 bridgehead atoms. The number of rotatable bonds is 4. The van der Waals surface area contributed by atoms with Crippen molar-refractivity contribution in [1.29, 1.82) is 0 Å². The molecule has 4 nitrogen and oxygen atoms in total. The van der Waals surface area contributed by atoms with Gasteiger partial charge in [0.2, 0.25) is 5.28 Å². The average molecular weight is 273 g/mol. The number of thioether (sulfide) groups is 1. The molecular formula is C11H17ClN4S. The van der Waals surface area contributed by atoms with Crippen molar-refractivity contribution >= 4 is 23.4 Å². The van der Waals surface area contributed by atoms with Crippen LogP contribution < -0.4 is 0 Å². The maximum absolute atomic E-state index is 6.10. The van der Waals surface area contributed by atoms with Crippen LogP contribution in [0.1, 0.15) is 24.6 Å². The zero-order valence-corrected chi connectivity index (χ0v) is 11.4. The SMILES string of the molecule is Clc1nnc(C2CC2)n1CCN1CCSCC1. The molecule has 1 saturated heterocycles. The fourth-order valence-corrected chi connectivity index (χ4v) is 3.40. The Hall–Kier alpha value is -0.260. The van der Waals surface area contributed by atoms with Crippen LogP contribution in [0.15, 0.2) is 0 Å². The normalized spacial score (nSPS) is 21.9. The molecule has 94 valence electrons. The van der Waals surface area contributed by atoms with Crippen LogP contribution in [-0.2, 0) is 6.54 Å². The summed E-state index contributed by atoms with van der Waals surface area (Å²) in [5, 5.41) is 8.75. The predicted octanol–water partition coefficient (Wildman–Crippen LogP) is 1.86. The number of nitrogens with zero attached hydrogens (tertiary/aromatic N) is 4. The molecule has 1 aliphatic heterocycles. The second kappa shape index (κ2) is 5.16. The molecule has 0 radical (unpaired) electrons. The monoisotopic (exact) mass is 272 g/mol. The summed E-state index contributed by atoms with van der Waals surface area (Å²) in [6.07, 6.45) is 2.49. The lowest BCUT2D eigenvalue weighted by atomic mass is 10.4. The standard InChI is InChI=1S/C11H17ClN4S/c12-11-14-13-10(9-1-2-9)16(11)4-3-15-5-7-17-8-6-15/h9H,1-8H2. The lowest BCUT2D eigenvalue weighted by Gasteiger charge is -2.26. The third kappa shape index (κ3) is 2.77. The van der Waals surface area contributed by atoms with E-state index in [9.17, 15) is 0 Å². The number of halogens is 1. The fraction of sp³-hybridized carbons (Fsp3) is 0.818. The summed E-state index contributed by atoms with van der Waals surface area (Å²) in [6.45, 7) is 4.40. The first-order valence-corrected chi connectivity index (χ1v) is 7.76. The maximum atomic E-state index is 6.10. The van der Waals surface area contributed by atoms with E-state index in [4.69, 9.17) is 11.6 Å². The summed E-state index contributed by atoms with van der Waals surface area (Å²) >= 11 is 8.15. The van der Waals surface area contributed by atoms with Gasteiger partial charge in [0.1, 0.15) is 5.82 Å². The first-order valence-electron chi connectivity index (χ1n) is 6.23. The zero-order chi connectivity index (χ0) is 11.7. The van der Waals surface area contributed by atoms with Gasteiger partial charge in [-0.1, -0.05) is 0 Å². The van der Waals surface area contributed by atoms with E-state index in [0.717, 1.165) is 18.9 Å². The Morgan fingerprint density at radius 1 is 1.18 bits per heavy atom. The second-order valence-corrected chi connectivity index (χ2v) is 6.27. The van der Waals surface area contributed by atoms with Crippen molar-refractivity contribution < 1.29 is 0 Å². The predicted molar refractivity (Wildman–Crippen MR) is 70.8 cm³/mol. The Morgan fingerprint density at radius 3 is 2.65 bits per heavy atom. The van der Waals surface area contributed by atoms with Gasteiger partial charge in [-0.3, -0.25) is 4.90 Å². The smallest absolute Gasteiger partial charge is 0.225 e. The van der Waals surface area contributed by atoms with E-state index in [0.29, 0.717) is 11.2 Å². The van der Waals surface area contributed by atoms with E-state index in [2.05, 4.69) is 19.7 Å². The van der Waals surface area contributed by atoms with Crippen LogP contribution in [-0.4, -0.2) is 50.8 Å². The Balaban J connectivity index is 1.61. The third-order valence-corrected chi connectivity index (χ3v) is 4.64. The van der Waals surface area contributed by atoms with Gasteiger partial charge in [-0.15, -0.1) is 10.2 Å². The quantitative estimate of drug-likeness (QED) is 0.838. The molecule has 1 aromatic heterocycles. The van der Waals surface area contributed by atoms with E-state index in [1.165, 1.54) is 37.4 Å². The summed E-state index contributed by atoms with van der Waals surface area (Å²) in [7, 11) is 0. The highest BCUT2D eigenvalue weighted by Crippen LogP contribution is 2.39. The van der Waals surface area contributed by atoms with Gasteiger partial charge in [-0.2, -0.15) is 11.8 Å². The summed E-state index contributed by atoms with van der Waals surface area (Å²) < 4.78 is 2.10. The lowest BCUT2D eigenvalue weighted by Crippen LogP contribution is -2.35. The van der Waals surface area contributed by atoms with Crippen LogP contribution in [0.5, 0.6) is 0 Å². The molecule has 1 aliphatic carbocycles. The van der Waals surface area contributed by atoms with Gasteiger partial charge in [0, 0.05) is 43.6 Å². The molecule has 0 unspecified atom stereocenters. The Kier molecular flexibility index (Phi) is 3.59. The number of hydrogen-bond acceptors (Lipinski definition) is 4. The van der Waals surface area contributed by atoms with Crippen molar-refractivity contribution in [1.82, 2.24) is 19.7 Å². The molecule has 6 heteroatoms. The first-order chi connectivity index (χ1) is 8.34. The van der Waals surface area contributed by atoms with Crippen LogP contribution in [0.2, 0.25) is 5.28 Å². The van der Waals surface area contributed by atoms with Gasteiger partial charge in [0.15, 0.2) is 0 Å². The van der Waals surface area contributed by atoms with Crippen LogP contribution in [0.4, 0.5) is 0 Å². The van der Waals surface area contributed by atoms with E-state index in [-0.39, 0.29) is 0 Å². The minimum atomic E-state index is 0.554. The minimum absolute atomic E-state index is 0.554. The Labute approximate surface area is 111 Å². The van der Waals surface area contributed by atoms with Crippen molar-refractivity contribution in [3.8, 4) is 0 Å². The molecule has 1 saturated carbocycles. The molecule has 0 N–H and O–H groups in total. The van der Waals surface area contributed by atoms with Crippen LogP contribution in [0, 0.1) is 0 Å². The van der Waals surface area contributed by atoms with Crippen molar-refractivity contribution in [2.45, 2.75) is 25.3 Å². The van der Waals surface area contributed by atoms with Crippen molar-refractivity contribution in [3.05, 3.63) is 11.1 Å². The van der Waals surface area contributed by atoms with Gasteiger partial charge in [0.25, 0.3) is 0 Å². The molecule has 2 fully saturated rings. The summed E-state index contributed by atoms with van der Waals surface area (Å²) in [6, 6.07) is 0. The molecule has 3 rings (SSSR count). The minimum Gasteiger partial charge on any atom is -0.300 e. The van der Waals surface area contributed by atoms with Gasteiger partial charge in [-0.05, 0) is 24.4 Å². The molecule has 0 aromatic carbocycles. The van der Waals surface area contributed by atoms with E-state index < -0.39 is 0 Å². The molecule has 2 aliphatic rings. The number of hydrogen-bond donors (Lipinski definition) is 0. The van der Waals surface area contributed by atoms with Crippen molar-refractivity contribution in [2.24, 2.45) is 0 Å². The van der Waals surface area contributed by atoms with E-state index >= 15 is 0 Å². The van der Waals surface area contributed by atoms with Crippen molar-refractivity contribution in [2.75, 3.05) is 31.1 Å². The highest BCUT2D eigenvalue weighted by molar-refractivity contribution is 7.99. The van der Waals surface area contributed by atoms with Crippen molar-refractivity contribution in [3.63, 3.8) is 0 Å². The van der Waals surface area contributed by atoms with Crippen LogP contribution in [0.25, 0.3) is 0 Å². The van der Waals surface area contributed by atoms with E-state index in [1.54, 1.807) is 0 Å². The molecule has 0 amide bonds. The van der Waals surface area contributed by atoms with Crippen LogP contribution in [0.3, 0.4) is 0 Å². The average Bonchev–Trinajstić information content (AvgIpc) is 3.13. The maximum Gasteiger partial charge on any atom is 0.225 e. The Bertz CT molecular complexity index is 385. The fourth-order valence-electron chi connectivity index (χ4n) is 2.21. The summed E-state index contributed by atoms with van der Waals surface area (Å²) in [5.41, 5.74) is 0. The molecular weight excluding hydrogens is 256 g/mol. The van der Waals surface area contributed by atoms with Gasteiger partial charge >= 0.3 is 0 Å². The topological polar surface area (TPSA) is 34.0 Å².